The molecular weight excluding hydrogens is 379 g/mol. The maximum absolute atomic E-state index is 13.4. The number of hydrogen-bond acceptors (Lipinski definition) is 2. The highest BCUT2D eigenvalue weighted by Gasteiger charge is 2.11. The van der Waals surface area contributed by atoms with E-state index in [-0.39, 0.29) is 5.78 Å². The maximum atomic E-state index is 13.4. The number of benzene rings is 2. The van der Waals surface area contributed by atoms with Gasteiger partial charge >= 0.3 is 0 Å². The van der Waals surface area contributed by atoms with Crippen LogP contribution < -0.4 is 4.74 Å². The van der Waals surface area contributed by atoms with Crippen molar-refractivity contribution in [2.24, 2.45) is 0 Å². The predicted octanol–water partition coefficient (Wildman–Crippen LogP) is 5.35. The Balaban J connectivity index is 2.37. The van der Waals surface area contributed by atoms with E-state index < -0.39 is 5.82 Å². The normalized spacial score (nSPS) is 10.3. The number of rotatable bonds is 3. The summed E-state index contributed by atoms with van der Waals surface area (Å²) in [6.07, 6.45) is 0. The van der Waals surface area contributed by atoms with Gasteiger partial charge in [-0.05, 0) is 53.2 Å². The third-order valence-electron chi connectivity index (χ3n) is 2.44. The molecule has 0 aliphatic rings. The van der Waals surface area contributed by atoms with Crippen LogP contribution in [0.4, 0.5) is 4.39 Å². The second-order valence-electron chi connectivity index (χ2n) is 3.87. The third-order valence-corrected chi connectivity index (χ3v) is 3.58. The molecule has 19 heavy (non-hydrogen) atoms. The molecule has 0 bridgehead atoms. The van der Waals surface area contributed by atoms with Crippen LogP contribution >= 0.6 is 31.9 Å². The molecule has 0 aliphatic carbocycles. The standard InChI is InChI=1S/C14H9Br2FO2/c1-8(18)11-6-9(15)2-5-14(11)19-10-3-4-12(16)13(17)7-10/h2-7H,1H3. The van der Waals surface area contributed by atoms with Crippen LogP contribution in [0.5, 0.6) is 11.5 Å². The smallest absolute Gasteiger partial charge is 0.163 e. The van der Waals surface area contributed by atoms with E-state index in [1.54, 1.807) is 30.3 Å². The lowest BCUT2D eigenvalue weighted by Crippen LogP contribution is -1.97. The molecule has 2 aromatic rings. The summed E-state index contributed by atoms with van der Waals surface area (Å²) < 4.78 is 20.1. The van der Waals surface area contributed by atoms with Crippen molar-refractivity contribution in [2.75, 3.05) is 0 Å². The molecule has 98 valence electrons. The van der Waals surface area contributed by atoms with E-state index in [0.717, 1.165) is 4.47 Å². The first kappa shape index (κ1) is 14.2. The predicted molar refractivity (Wildman–Crippen MR) is 78.3 cm³/mol. The molecule has 2 nitrogen and oxygen atoms in total. The highest BCUT2D eigenvalue weighted by molar-refractivity contribution is 9.10. The molecule has 0 amide bonds. The van der Waals surface area contributed by atoms with Gasteiger partial charge in [0.2, 0.25) is 0 Å². The van der Waals surface area contributed by atoms with Crippen LogP contribution in [0.2, 0.25) is 0 Å². The first-order valence-electron chi connectivity index (χ1n) is 5.41. The summed E-state index contributed by atoms with van der Waals surface area (Å²) in [7, 11) is 0. The van der Waals surface area contributed by atoms with Crippen LogP contribution in [0.25, 0.3) is 0 Å². The van der Waals surface area contributed by atoms with Gasteiger partial charge < -0.3 is 4.74 Å². The number of carbonyl (C=O) groups is 1. The fourth-order valence-corrected chi connectivity index (χ4v) is 2.14. The highest BCUT2D eigenvalue weighted by atomic mass is 79.9. The number of carbonyl (C=O) groups excluding carboxylic acids is 1. The first-order valence-corrected chi connectivity index (χ1v) is 6.99. The van der Waals surface area contributed by atoms with Gasteiger partial charge in [0.05, 0.1) is 10.0 Å². The van der Waals surface area contributed by atoms with Crippen LogP contribution in [0.1, 0.15) is 17.3 Å². The van der Waals surface area contributed by atoms with Crippen molar-refractivity contribution >= 4 is 37.6 Å². The lowest BCUT2D eigenvalue weighted by atomic mass is 10.1. The average Bonchev–Trinajstić information content (AvgIpc) is 2.36. The van der Waals surface area contributed by atoms with E-state index in [2.05, 4.69) is 31.9 Å². The van der Waals surface area contributed by atoms with Crippen molar-refractivity contribution in [3.8, 4) is 11.5 Å². The van der Waals surface area contributed by atoms with Crippen molar-refractivity contribution in [3.63, 3.8) is 0 Å². The zero-order valence-corrected chi connectivity index (χ0v) is 13.1. The van der Waals surface area contributed by atoms with E-state index in [4.69, 9.17) is 4.74 Å². The van der Waals surface area contributed by atoms with Crippen LogP contribution in [0.15, 0.2) is 45.3 Å². The lowest BCUT2D eigenvalue weighted by molar-refractivity contribution is 0.101. The molecule has 0 N–H and O–H groups in total. The van der Waals surface area contributed by atoms with Gasteiger partial charge in [0.25, 0.3) is 0 Å². The van der Waals surface area contributed by atoms with Crippen LogP contribution in [0.3, 0.4) is 0 Å². The second-order valence-corrected chi connectivity index (χ2v) is 5.64. The molecule has 0 saturated heterocycles. The molecular formula is C14H9Br2FO2. The van der Waals surface area contributed by atoms with E-state index >= 15 is 0 Å². The zero-order chi connectivity index (χ0) is 14.0. The Morgan fingerprint density at radius 2 is 1.89 bits per heavy atom. The summed E-state index contributed by atoms with van der Waals surface area (Å²) in [6.45, 7) is 1.46. The third kappa shape index (κ3) is 3.42. The molecule has 0 atom stereocenters. The van der Waals surface area contributed by atoms with Crippen LogP contribution in [-0.2, 0) is 0 Å². The highest BCUT2D eigenvalue weighted by Crippen LogP contribution is 2.30. The fourth-order valence-electron chi connectivity index (χ4n) is 1.53. The number of ketones is 1. The molecule has 2 aromatic carbocycles. The molecule has 2 rings (SSSR count). The Bertz CT molecular complexity index is 641. The SMILES string of the molecule is CC(=O)c1cc(Br)ccc1Oc1ccc(Br)c(F)c1. The van der Waals surface area contributed by atoms with Gasteiger partial charge in [0, 0.05) is 10.5 Å². The van der Waals surface area contributed by atoms with Crippen LogP contribution in [-0.4, -0.2) is 5.78 Å². The first-order chi connectivity index (χ1) is 8.97. The van der Waals surface area contributed by atoms with Gasteiger partial charge in [-0.3, -0.25) is 4.79 Å². The topological polar surface area (TPSA) is 26.3 Å². The molecule has 0 saturated carbocycles. The molecule has 5 heteroatoms. The van der Waals surface area contributed by atoms with Gasteiger partial charge in [0.15, 0.2) is 5.78 Å². The molecule has 0 radical (unpaired) electrons. The van der Waals surface area contributed by atoms with Gasteiger partial charge in [-0.2, -0.15) is 0 Å². The van der Waals surface area contributed by atoms with E-state index in [1.807, 2.05) is 0 Å². The van der Waals surface area contributed by atoms with E-state index in [0.29, 0.717) is 21.5 Å². The largest absolute Gasteiger partial charge is 0.457 e. The molecule has 0 spiro atoms. The van der Waals surface area contributed by atoms with Crippen molar-refractivity contribution in [3.05, 3.63) is 56.7 Å². The summed E-state index contributed by atoms with van der Waals surface area (Å²) in [5.41, 5.74) is 0.442. The van der Waals surface area contributed by atoms with E-state index in [9.17, 15) is 9.18 Å². The molecule has 0 heterocycles. The van der Waals surface area contributed by atoms with Crippen molar-refractivity contribution in [2.45, 2.75) is 6.92 Å². The van der Waals surface area contributed by atoms with E-state index in [1.165, 1.54) is 13.0 Å². The van der Waals surface area contributed by atoms with Gasteiger partial charge in [-0.25, -0.2) is 4.39 Å². The van der Waals surface area contributed by atoms with Gasteiger partial charge in [-0.1, -0.05) is 15.9 Å². The summed E-state index contributed by atoms with van der Waals surface area (Å²) in [6, 6.07) is 9.54. The zero-order valence-electron chi connectivity index (χ0n) is 9.91. The second kappa shape index (κ2) is 5.84. The minimum atomic E-state index is -0.418. The summed E-state index contributed by atoms with van der Waals surface area (Å²) in [5, 5.41) is 0. The Kier molecular flexibility index (Phi) is 4.37. The van der Waals surface area contributed by atoms with Crippen molar-refractivity contribution in [1.29, 1.82) is 0 Å². The van der Waals surface area contributed by atoms with Crippen molar-refractivity contribution in [1.82, 2.24) is 0 Å². The molecule has 0 fully saturated rings. The Hall–Kier alpha value is -1.20. The number of Topliss-reactive ketones (excluding diaryl/α,β-unsaturated/α-hetero) is 1. The monoisotopic (exact) mass is 386 g/mol. The number of hydrogen-bond donors (Lipinski definition) is 0. The lowest BCUT2D eigenvalue weighted by Gasteiger charge is -2.10. The minimum Gasteiger partial charge on any atom is -0.457 e. The number of halogens is 3. The summed E-state index contributed by atoms with van der Waals surface area (Å²) >= 11 is 6.37. The molecule has 0 aromatic heterocycles. The fraction of sp³-hybridized carbons (Fsp3) is 0.0714. The Labute approximate surface area is 126 Å². The Morgan fingerprint density at radius 3 is 2.53 bits per heavy atom. The Morgan fingerprint density at radius 1 is 1.16 bits per heavy atom. The molecule has 0 unspecified atom stereocenters. The minimum absolute atomic E-state index is 0.117. The quantitative estimate of drug-likeness (QED) is 0.664. The van der Waals surface area contributed by atoms with Gasteiger partial charge in [0.1, 0.15) is 17.3 Å². The van der Waals surface area contributed by atoms with Gasteiger partial charge in [-0.15, -0.1) is 0 Å². The average molecular weight is 388 g/mol. The van der Waals surface area contributed by atoms with Crippen molar-refractivity contribution < 1.29 is 13.9 Å². The molecule has 0 aliphatic heterocycles. The van der Waals surface area contributed by atoms with Crippen LogP contribution in [0, 0.1) is 5.82 Å². The number of ether oxygens (including phenoxy) is 1. The summed E-state index contributed by atoms with van der Waals surface area (Å²) in [4.78, 5) is 11.5. The summed E-state index contributed by atoms with van der Waals surface area (Å²) in [5.74, 6) is 0.204. The maximum Gasteiger partial charge on any atom is 0.163 e.